The van der Waals surface area contributed by atoms with Crippen LogP contribution < -0.4 is 15.6 Å². The summed E-state index contributed by atoms with van der Waals surface area (Å²) in [5, 5.41) is 3.55. The third kappa shape index (κ3) is 3.91. The molecule has 0 aliphatic rings. The second kappa shape index (κ2) is 8.03. The van der Waals surface area contributed by atoms with Gasteiger partial charge in [0.25, 0.3) is 0 Å². The number of aromatic nitrogens is 1. The molecule has 1 N–H and O–H groups in total. The molecule has 0 bridgehead atoms. The third-order valence-corrected chi connectivity index (χ3v) is 5.26. The third-order valence-electron chi connectivity index (χ3n) is 5.26. The van der Waals surface area contributed by atoms with Gasteiger partial charge in [0.2, 0.25) is 5.91 Å². The van der Waals surface area contributed by atoms with Crippen LogP contribution in [0.25, 0.3) is 21.8 Å². The summed E-state index contributed by atoms with van der Waals surface area (Å²) in [5.74, 6) is -0.508. The Morgan fingerprint density at radius 2 is 1.50 bits per heavy atom. The molecule has 32 heavy (non-hydrogen) atoms. The number of hydrogen-bond donors (Lipinski definition) is 1. The van der Waals surface area contributed by atoms with Gasteiger partial charge in [0.15, 0.2) is 5.43 Å². The average Bonchev–Trinajstić information content (AvgIpc) is 2.76. The lowest BCUT2D eigenvalue weighted by Gasteiger charge is -2.20. The lowest BCUT2D eigenvalue weighted by atomic mass is 10.1. The minimum absolute atomic E-state index is 0.0597. The van der Waals surface area contributed by atoms with Gasteiger partial charge in [0.05, 0.1) is 28.0 Å². The van der Waals surface area contributed by atoms with Gasteiger partial charge in [-0.3, -0.25) is 9.59 Å². The highest BCUT2D eigenvalue weighted by Crippen LogP contribution is 2.35. The smallest absolute Gasteiger partial charge is 0.376 e. The molecule has 0 radical (unpaired) electrons. The van der Waals surface area contributed by atoms with E-state index in [2.05, 4.69) is 5.32 Å². The van der Waals surface area contributed by atoms with Crippen LogP contribution in [-0.2, 0) is 17.5 Å². The van der Waals surface area contributed by atoms with E-state index >= 15 is 0 Å². The molecule has 3 aromatic carbocycles. The maximum absolute atomic E-state index is 13.2. The highest BCUT2D eigenvalue weighted by Gasteiger charge is 2.31. The van der Waals surface area contributed by atoms with Crippen molar-refractivity contribution < 1.29 is 18.0 Å². The molecule has 1 aromatic heterocycles. The van der Waals surface area contributed by atoms with Crippen LogP contribution in [0, 0.1) is 0 Å². The number of halogens is 3. The molecule has 4 aromatic rings. The number of alkyl halides is 3. The number of hydrogen-bond acceptors (Lipinski definition) is 3. The number of pyridine rings is 1. The van der Waals surface area contributed by atoms with Crippen molar-refractivity contribution in [2.24, 2.45) is 0 Å². The summed E-state index contributed by atoms with van der Waals surface area (Å²) >= 11 is 0. The van der Waals surface area contributed by atoms with Gasteiger partial charge in [-0.2, -0.15) is 13.2 Å². The Morgan fingerprint density at radius 3 is 2.03 bits per heavy atom. The van der Waals surface area contributed by atoms with E-state index in [0.29, 0.717) is 27.5 Å². The monoisotopic (exact) mass is 439 g/mol. The van der Waals surface area contributed by atoms with Crippen molar-refractivity contribution in [3.8, 4) is 0 Å². The van der Waals surface area contributed by atoms with E-state index in [1.807, 2.05) is 0 Å². The number of benzene rings is 3. The molecule has 0 saturated carbocycles. The fourth-order valence-corrected chi connectivity index (χ4v) is 3.78. The molecule has 1 amide bonds. The number of anilines is 2. The number of carbonyl (C=O) groups excluding carboxylic acids is 1. The van der Waals surface area contributed by atoms with Crippen LogP contribution in [0.15, 0.2) is 71.5 Å². The molecule has 0 fully saturated rings. The minimum Gasteiger partial charge on any atom is -0.376 e. The van der Waals surface area contributed by atoms with E-state index in [9.17, 15) is 22.8 Å². The normalized spacial score (nSPS) is 11.7. The number of carbonyl (C=O) groups is 1. The fourth-order valence-electron chi connectivity index (χ4n) is 3.78. The number of nitrogens with zero attached hydrogens (tertiary/aromatic N) is 2. The summed E-state index contributed by atoms with van der Waals surface area (Å²) in [6.07, 6.45) is -4.53. The van der Waals surface area contributed by atoms with Crippen LogP contribution in [0.2, 0.25) is 0 Å². The van der Waals surface area contributed by atoms with Gasteiger partial charge < -0.3 is 14.8 Å². The standard InChI is InChI=1S/C24H20F3N3O2/c1-29(2)21-12-11-15(24(25,26)27)13-18(21)28-22(31)14-30-19-9-5-3-7-16(19)23(32)17-8-4-6-10-20(17)30/h3-13H,14H2,1-2H3,(H,28,31). The highest BCUT2D eigenvalue weighted by atomic mass is 19.4. The summed E-state index contributed by atoms with van der Waals surface area (Å²) in [7, 11) is 3.36. The average molecular weight is 439 g/mol. The number of amides is 1. The topological polar surface area (TPSA) is 54.3 Å². The van der Waals surface area contributed by atoms with Crippen LogP contribution in [0.4, 0.5) is 24.5 Å². The molecule has 8 heteroatoms. The van der Waals surface area contributed by atoms with Gasteiger partial charge in [-0.1, -0.05) is 24.3 Å². The zero-order valence-corrected chi connectivity index (χ0v) is 17.4. The van der Waals surface area contributed by atoms with Crippen LogP contribution in [0.3, 0.4) is 0 Å². The van der Waals surface area contributed by atoms with Crippen molar-refractivity contribution in [2.75, 3.05) is 24.3 Å². The van der Waals surface area contributed by atoms with Crippen molar-refractivity contribution in [3.05, 3.63) is 82.5 Å². The molecule has 4 rings (SSSR count). The van der Waals surface area contributed by atoms with Crippen molar-refractivity contribution in [3.63, 3.8) is 0 Å². The summed E-state index contributed by atoms with van der Waals surface area (Å²) < 4.78 is 41.3. The number of fused-ring (bicyclic) bond motifs is 2. The maximum atomic E-state index is 13.2. The zero-order valence-electron chi connectivity index (χ0n) is 17.4. The van der Waals surface area contributed by atoms with E-state index in [1.54, 1.807) is 72.1 Å². The molecule has 164 valence electrons. The second-order valence-corrected chi connectivity index (χ2v) is 7.62. The fraction of sp³-hybridized carbons (Fsp3) is 0.167. The van der Waals surface area contributed by atoms with Crippen molar-refractivity contribution in [1.82, 2.24) is 4.57 Å². The van der Waals surface area contributed by atoms with Gasteiger partial charge in [0, 0.05) is 24.9 Å². The van der Waals surface area contributed by atoms with Crippen LogP contribution >= 0.6 is 0 Å². The SMILES string of the molecule is CN(C)c1ccc(C(F)(F)F)cc1NC(=O)Cn1c2ccccc2c(=O)c2ccccc21. The van der Waals surface area contributed by atoms with Gasteiger partial charge in [0.1, 0.15) is 6.54 Å². The van der Waals surface area contributed by atoms with E-state index in [-0.39, 0.29) is 17.7 Å². The molecular formula is C24H20F3N3O2. The number of rotatable bonds is 4. The molecular weight excluding hydrogens is 419 g/mol. The van der Waals surface area contributed by atoms with Gasteiger partial charge in [-0.05, 0) is 42.5 Å². The summed E-state index contributed by atoms with van der Waals surface area (Å²) in [6.45, 7) is -0.176. The Labute approximate surface area is 181 Å². The second-order valence-electron chi connectivity index (χ2n) is 7.62. The lowest BCUT2D eigenvalue weighted by Crippen LogP contribution is -2.23. The number of nitrogens with one attached hydrogen (secondary N) is 1. The van der Waals surface area contributed by atoms with Crippen LogP contribution in [-0.4, -0.2) is 24.6 Å². The predicted molar refractivity (Wildman–Crippen MR) is 120 cm³/mol. The molecule has 0 spiro atoms. The molecule has 0 aliphatic carbocycles. The Hall–Kier alpha value is -3.81. The molecule has 0 atom stereocenters. The van der Waals surface area contributed by atoms with Crippen LogP contribution in [0.5, 0.6) is 0 Å². The zero-order chi connectivity index (χ0) is 23.0. The van der Waals surface area contributed by atoms with Gasteiger partial charge >= 0.3 is 6.18 Å². The predicted octanol–water partition coefficient (Wildman–Crippen LogP) is 4.88. The van der Waals surface area contributed by atoms with E-state index in [4.69, 9.17) is 0 Å². The Morgan fingerprint density at radius 1 is 0.938 bits per heavy atom. The quantitative estimate of drug-likeness (QED) is 0.461. The molecule has 0 saturated heterocycles. The molecule has 0 aliphatic heterocycles. The Kier molecular flexibility index (Phi) is 5.38. The summed E-state index contributed by atoms with van der Waals surface area (Å²) in [6, 6.07) is 17.1. The van der Waals surface area contributed by atoms with Crippen LogP contribution in [0.1, 0.15) is 5.56 Å². The molecule has 1 heterocycles. The van der Waals surface area contributed by atoms with E-state index < -0.39 is 17.6 Å². The molecule has 5 nitrogen and oxygen atoms in total. The Balaban J connectivity index is 1.77. The minimum atomic E-state index is -4.53. The van der Waals surface area contributed by atoms with Gasteiger partial charge in [-0.25, -0.2) is 0 Å². The Bertz CT molecular complexity index is 1330. The summed E-state index contributed by atoms with van der Waals surface area (Å²) in [5.41, 5.74) is 0.662. The summed E-state index contributed by atoms with van der Waals surface area (Å²) in [4.78, 5) is 27.4. The maximum Gasteiger partial charge on any atom is 0.416 e. The lowest BCUT2D eigenvalue weighted by molar-refractivity contribution is -0.137. The van der Waals surface area contributed by atoms with Crippen molar-refractivity contribution in [2.45, 2.75) is 12.7 Å². The first kappa shape index (κ1) is 21.4. The first-order valence-corrected chi connectivity index (χ1v) is 9.85. The van der Waals surface area contributed by atoms with Gasteiger partial charge in [-0.15, -0.1) is 0 Å². The first-order chi connectivity index (χ1) is 15.2. The highest BCUT2D eigenvalue weighted by molar-refractivity contribution is 5.98. The van der Waals surface area contributed by atoms with Crippen molar-refractivity contribution >= 4 is 39.1 Å². The largest absolute Gasteiger partial charge is 0.416 e. The number of para-hydroxylation sites is 2. The molecule has 0 unspecified atom stereocenters. The van der Waals surface area contributed by atoms with E-state index in [0.717, 1.165) is 12.1 Å². The van der Waals surface area contributed by atoms with Crippen molar-refractivity contribution in [1.29, 1.82) is 0 Å². The van der Waals surface area contributed by atoms with E-state index in [1.165, 1.54) is 6.07 Å². The first-order valence-electron chi connectivity index (χ1n) is 9.85.